The smallest absolute Gasteiger partial charge is 0.164 e. The fourth-order valence-corrected chi connectivity index (χ4v) is 9.75. The van der Waals surface area contributed by atoms with Crippen LogP contribution in [-0.4, -0.2) is 15.0 Å². The zero-order valence-corrected chi connectivity index (χ0v) is 33.7. The fraction of sp³-hybridized carbons (Fsp3) is 0.0172. The molecule has 4 heteroatoms. The Hall–Kier alpha value is -8.21. The van der Waals surface area contributed by atoms with Gasteiger partial charge in [-0.15, -0.1) is 0 Å². The van der Waals surface area contributed by atoms with Crippen molar-refractivity contribution >= 4 is 17.1 Å². The molecule has 2 aliphatic rings. The van der Waals surface area contributed by atoms with E-state index in [-0.39, 0.29) is 0 Å². The van der Waals surface area contributed by atoms with Crippen molar-refractivity contribution in [2.45, 2.75) is 5.41 Å². The van der Waals surface area contributed by atoms with Gasteiger partial charge in [0.05, 0.1) is 16.8 Å². The highest BCUT2D eigenvalue weighted by atomic mass is 15.2. The van der Waals surface area contributed by atoms with E-state index in [1.165, 1.54) is 50.3 Å². The Morgan fingerprint density at radius 3 is 1.21 bits per heavy atom. The molecular formula is C58H38N4. The number of aromatic nitrogens is 3. The number of fused-ring (bicyclic) bond motifs is 9. The van der Waals surface area contributed by atoms with Crippen molar-refractivity contribution in [2.24, 2.45) is 0 Å². The molecule has 12 rings (SSSR count). The lowest BCUT2D eigenvalue weighted by atomic mass is 9.64. The van der Waals surface area contributed by atoms with Gasteiger partial charge in [-0.1, -0.05) is 200 Å². The molecule has 10 aromatic rings. The predicted molar refractivity (Wildman–Crippen MR) is 253 cm³/mol. The molecule has 0 saturated heterocycles. The molecule has 9 aromatic carbocycles. The number of para-hydroxylation sites is 2. The normalized spacial score (nSPS) is 12.9. The third-order valence-corrected chi connectivity index (χ3v) is 12.6. The van der Waals surface area contributed by atoms with Gasteiger partial charge in [-0.3, -0.25) is 0 Å². The minimum Gasteiger partial charge on any atom is -0.310 e. The van der Waals surface area contributed by atoms with Crippen LogP contribution in [0, 0.1) is 0 Å². The van der Waals surface area contributed by atoms with Crippen LogP contribution >= 0.6 is 0 Å². The second-order valence-corrected chi connectivity index (χ2v) is 16.0. The second kappa shape index (κ2) is 14.5. The SMILES string of the molecule is c1ccc(-c2ccc(-c3nc(-c4ccccc4)nc(-c4ccc(-c5ccc6c(c5)C5(c7ccccc7-c7ccccc75)c5ccccc5N6c5ccccc5)cc4)n3)cc2)cc1. The zero-order chi connectivity index (χ0) is 41.0. The maximum absolute atomic E-state index is 5.08. The summed E-state index contributed by atoms with van der Waals surface area (Å²) in [7, 11) is 0. The summed E-state index contributed by atoms with van der Waals surface area (Å²) in [6, 6.07) is 82.4. The molecule has 4 nitrogen and oxygen atoms in total. The van der Waals surface area contributed by atoms with Crippen LogP contribution in [0.5, 0.6) is 0 Å². The van der Waals surface area contributed by atoms with Gasteiger partial charge >= 0.3 is 0 Å². The Bertz CT molecular complexity index is 3230. The topological polar surface area (TPSA) is 41.9 Å². The van der Waals surface area contributed by atoms with E-state index in [2.05, 4.69) is 199 Å². The van der Waals surface area contributed by atoms with Crippen molar-refractivity contribution in [3.63, 3.8) is 0 Å². The van der Waals surface area contributed by atoms with Gasteiger partial charge in [0.1, 0.15) is 0 Å². The number of benzene rings is 9. The molecule has 1 aliphatic heterocycles. The highest BCUT2D eigenvalue weighted by molar-refractivity contribution is 5.96. The van der Waals surface area contributed by atoms with Gasteiger partial charge in [-0.25, -0.2) is 15.0 Å². The Labute approximate surface area is 361 Å². The van der Waals surface area contributed by atoms with Gasteiger partial charge in [0.25, 0.3) is 0 Å². The van der Waals surface area contributed by atoms with Crippen LogP contribution < -0.4 is 4.90 Å². The van der Waals surface area contributed by atoms with Crippen molar-refractivity contribution in [3.05, 3.63) is 253 Å². The summed E-state index contributed by atoms with van der Waals surface area (Å²) in [6.07, 6.45) is 0. The third kappa shape index (κ3) is 5.65. The zero-order valence-electron chi connectivity index (χ0n) is 33.7. The number of rotatable bonds is 6. The van der Waals surface area contributed by atoms with Crippen molar-refractivity contribution in [1.29, 1.82) is 0 Å². The average Bonchev–Trinajstić information content (AvgIpc) is 3.65. The summed E-state index contributed by atoms with van der Waals surface area (Å²) < 4.78 is 0. The summed E-state index contributed by atoms with van der Waals surface area (Å²) >= 11 is 0. The van der Waals surface area contributed by atoms with Gasteiger partial charge < -0.3 is 4.90 Å². The van der Waals surface area contributed by atoms with Crippen molar-refractivity contribution < 1.29 is 0 Å². The largest absolute Gasteiger partial charge is 0.310 e. The summed E-state index contributed by atoms with van der Waals surface area (Å²) in [5.74, 6) is 1.91. The van der Waals surface area contributed by atoms with E-state index in [1.54, 1.807) is 0 Å². The molecule has 0 radical (unpaired) electrons. The number of hydrogen-bond donors (Lipinski definition) is 0. The molecule has 0 fully saturated rings. The van der Waals surface area contributed by atoms with E-state index in [1.807, 2.05) is 36.4 Å². The first-order valence-electron chi connectivity index (χ1n) is 21.1. The minimum atomic E-state index is -0.519. The first-order valence-corrected chi connectivity index (χ1v) is 21.1. The number of nitrogens with zero attached hydrogens (tertiary/aromatic N) is 4. The van der Waals surface area contributed by atoms with Crippen LogP contribution in [0.15, 0.2) is 231 Å². The molecule has 0 N–H and O–H groups in total. The third-order valence-electron chi connectivity index (χ3n) is 12.6. The average molecular weight is 791 g/mol. The molecular weight excluding hydrogens is 753 g/mol. The molecule has 0 saturated carbocycles. The van der Waals surface area contributed by atoms with Crippen molar-refractivity contribution in [3.8, 4) is 67.5 Å². The molecule has 1 aliphatic carbocycles. The Kier molecular flexibility index (Phi) is 8.36. The van der Waals surface area contributed by atoms with Gasteiger partial charge in [-0.2, -0.15) is 0 Å². The highest BCUT2D eigenvalue weighted by Gasteiger charge is 2.51. The first kappa shape index (κ1) is 35.7. The van der Waals surface area contributed by atoms with E-state index in [4.69, 9.17) is 15.0 Å². The molecule has 2 heterocycles. The monoisotopic (exact) mass is 790 g/mol. The van der Waals surface area contributed by atoms with Crippen molar-refractivity contribution in [1.82, 2.24) is 15.0 Å². The Balaban J connectivity index is 0.994. The minimum absolute atomic E-state index is 0.519. The Morgan fingerprint density at radius 2 is 0.645 bits per heavy atom. The fourth-order valence-electron chi connectivity index (χ4n) is 9.75. The summed E-state index contributed by atoms with van der Waals surface area (Å²) in [5, 5.41) is 0. The van der Waals surface area contributed by atoms with Crippen LogP contribution in [-0.2, 0) is 5.41 Å². The molecule has 0 bridgehead atoms. The van der Waals surface area contributed by atoms with E-state index < -0.39 is 5.41 Å². The summed E-state index contributed by atoms with van der Waals surface area (Å²) in [5.41, 5.74) is 18.1. The second-order valence-electron chi connectivity index (χ2n) is 16.0. The highest BCUT2D eigenvalue weighted by Crippen LogP contribution is 2.63. The van der Waals surface area contributed by atoms with Crippen molar-refractivity contribution in [2.75, 3.05) is 4.90 Å². The molecule has 290 valence electrons. The van der Waals surface area contributed by atoms with Crippen LogP contribution in [0.25, 0.3) is 67.5 Å². The van der Waals surface area contributed by atoms with Gasteiger partial charge in [0, 0.05) is 22.4 Å². The van der Waals surface area contributed by atoms with Gasteiger partial charge in [-0.05, 0) is 86.0 Å². The van der Waals surface area contributed by atoms with E-state index in [0.717, 1.165) is 39.1 Å². The van der Waals surface area contributed by atoms with Crippen LogP contribution in [0.2, 0.25) is 0 Å². The van der Waals surface area contributed by atoms with E-state index in [9.17, 15) is 0 Å². The molecule has 0 unspecified atom stereocenters. The Morgan fingerprint density at radius 1 is 0.274 bits per heavy atom. The standard InChI is InChI=1S/C58H38N4/c1-4-16-39(17-5-1)40-28-32-43(33-29-40)56-59-55(42-18-6-2-7-19-42)60-57(61-56)44-34-30-41(31-35-44)45-36-37-54-52(38-45)58(49-24-12-10-22-47(49)48-23-11-13-25-50(48)58)51-26-14-15-27-53(51)62(54)46-20-8-3-9-21-46/h1-38H. The molecule has 0 amide bonds. The molecule has 1 aromatic heterocycles. The number of anilines is 3. The van der Waals surface area contributed by atoms with Crippen LogP contribution in [0.4, 0.5) is 17.1 Å². The molecule has 62 heavy (non-hydrogen) atoms. The first-order chi connectivity index (χ1) is 30.7. The van der Waals surface area contributed by atoms with Gasteiger partial charge in [0.2, 0.25) is 0 Å². The summed E-state index contributed by atoms with van der Waals surface area (Å²) in [6.45, 7) is 0. The van der Waals surface area contributed by atoms with E-state index >= 15 is 0 Å². The lowest BCUT2D eigenvalue weighted by Gasteiger charge is -2.45. The lowest BCUT2D eigenvalue weighted by molar-refractivity contribution is 0.753. The maximum atomic E-state index is 5.08. The molecule has 1 spiro atoms. The van der Waals surface area contributed by atoms with E-state index in [0.29, 0.717) is 17.5 Å². The summed E-state index contributed by atoms with van der Waals surface area (Å²) in [4.78, 5) is 17.6. The molecule has 0 atom stereocenters. The number of hydrogen-bond acceptors (Lipinski definition) is 4. The quantitative estimate of drug-likeness (QED) is 0.168. The van der Waals surface area contributed by atoms with Crippen LogP contribution in [0.3, 0.4) is 0 Å². The van der Waals surface area contributed by atoms with Crippen LogP contribution in [0.1, 0.15) is 22.3 Å². The van der Waals surface area contributed by atoms with Gasteiger partial charge in [0.15, 0.2) is 17.5 Å². The lowest BCUT2D eigenvalue weighted by Crippen LogP contribution is -2.36. The predicted octanol–water partition coefficient (Wildman–Crippen LogP) is 14.4. The maximum Gasteiger partial charge on any atom is 0.164 e.